The number of hydrogen-bond donors (Lipinski definition) is 1. The number of benzene rings is 3. The van der Waals surface area contributed by atoms with E-state index < -0.39 is 0 Å². The van der Waals surface area contributed by atoms with Crippen LogP contribution in [0.15, 0.2) is 83.4 Å². The predicted octanol–water partition coefficient (Wildman–Crippen LogP) is 5.59. The minimum absolute atomic E-state index is 0.0780. The van der Waals surface area contributed by atoms with Crippen molar-refractivity contribution in [1.82, 2.24) is 9.88 Å². The summed E-state index contributed by atoms with van der Waals surface area (Å²) in [5.74, 6) is 0.436. The zero-order valence-corrected chi connectivity index (χ0v) is 19.5. The topological polar surface area (TPSA) is 75.4 Å². The third-order valence-electron chi connectivity index (χ3n) is 5.63. The number of aromatic nitrogens is 1. The molecule has 0 bridgehead atoms. The number of carbonyl (C=O) groups excluding carboxylic acids is 2. The first-order valence-electron chi connectivity index (χ1n) is 11.2. The highest BCUT2D eigenvalue weighted by molar-refractivity contribution is 6.02. The molecule has 3 aromatic carbocycles. The van der Waals surface area contributed by atoms with E-state index in [1.807, 2.05) is 68.4 Å². The number of para-hydroxylation sites is 1. The molecule has 4 rings (SSSR count). The fraction of sp³-hybridized carbons (Fsp3) is 0.179. The highest BCUT2D eigenvalue weighted by Crippen LogP contribution is 2.29. The van der Waals surface area contributed by atoms with Gasteiger partial charge < -0.3 is 14.6 Å². The fourth-order valence-corrected chi connectivity index (χ4v) is 3.74. The average Bonchev–Trinajstić information content (AvgIpc) is 3.34. The lowest BCUT2D eigenvalue weighted by molar-refractivity contribution is -0.116. The summed E-state index contributed by atoms with van der Waals surface area (Å²) in [7, 11) is 1.61. The summed E-state index contributed by atoms with van der Waals surface area (Å²) in [4.78, 5) is 31.7. The van der Waals surface area contributed by atoms with Crippen LogP contribution in [0.2, 0.25) is 0 Å². The number of likely N-dealkylation sites (N-methyl/N-ethyl adjacent to an activating group) is 1. The predicted molar refractivity (Wildman–Crippen MR) is 134 cm³/mol. The molecule has 0 radical (unpaired) electrons. The molecule has 0 fully saturated rings. The minimum atomic E-state index is -0.287. The summed E-state index contributed by atoms with van der Waals surface area (Å²) >= 11 is 0. The first-order chi connectivity index (χ1) is 16.5. The molecule has 0 aliphatic carbocycles. The van der Waals surface area contributed by atoms with Gasteiger partial charge in [0.1, 0.15) is 0 Å². The van der Waals surface area contributed by atoms with E-state index in [0.29, 0.717) is 22.8 Å². The lowest BCUT2D eigenvalue weighted by Gasteiger charge is -2.18. The van der Waals surface area contributed by atoms with Gasteiger partial charge in [-0.25, -0.2) is 4.98 Å². The first-order valence-corrected chi connectivity index (χ1v) is 11.2. The smallest absolute Gasteiger partial charge is 0.254 e. The molecule has 0 spiro atoms. The molecule has 0 saturated heterocycles. The van der Waals surface area contributed by atoms with Gasteiger partial charge in [0.25, 0.3) is 5.91 Å². The van der Waals surface area contributed by atoms with E-state index in [-0.39, 0.29) is 18.4 Å². The Morgan fingerprint density at radius 2 is 1.68 bits per heavy atom. The maximum Gasteiger partial charge on any atom is 0.254 e. The molecule has 4 aromatic rings. The molecule has 2 amide bonds. The van der Waals surface area contributed by atoms with Crippen molar-refractivity contribution in [3.63, 3.8) is 0 Å². The molecule has 6 nitrogen and oxygen atoms in total. The fourth-order valence-electron chi connectivity index (χ4n) is 3.74. The van der Waals surface area contributed by atoms with Crippen LogP contribution < -0.4 is 5.32 Å². The Hall–Kier alpha value is -4.19. The van der Waals surface area contributed by atoms with Gasteiger partial charge in [-0.2, -0.15) is 0 Å². The summed E-state index contributed by atoms with van der Waals surface area (Å²) in [5, 5.41) is 2.91. The van der Waals surface area contributed by atoms with Crippen LogP contribution in [0.1, 0.15) is 28.4 Å². The first kappa shape index (κ1) is 23.0. The number of nitrogens with zero attached hydrogens (tertiary/aromatic N) is 2. The quantitative estimate of drug-likeness (QED) is 0.396. The molecule has 1 N–H and O–H groups in total. The summed E-state index contributed by atoms with van der Waals surface area (Å²) in [6, 6.07) is 22.7. The van der Waals surface area contributed by atoms with Crippen LogP contribution in [0.25, 0.3) is 22.8 Å². The number of hydrogen-bond acceptors (Lipinski definition) is 4. The number of anilines is 1. The minimum Gasteiger partial charge on any atom is -0.436 e. The van der Waals surface area contributed by atoms with E-state index in [0.717, 1.165) is 28.8 Å². The van der Waals surface area contributed by atoms with Crippen LogP contribution in [-0.2, 0) is 11.2 Å². The van der Waals surface area contributed by atoms with E-state index >= 15 is 0 Å². The molecule has 0 saturated carbocycles. The molecule has 0 atom stereocenters. The number of amides is 2. The van der Waals surface area contributed by atoms with Crippen molar-refractivity contribution in [2.75, 3.05) is 18.9 Å². The third kappa shape index (κ3) is 5.07. The Bertz CT molecular complexity index is 1310. The zero-order chi connectivity index (χ0) is 24.1. The van der Waals surface area contributed by atoms with E-state index in [2.05, 4.69) is 10.3 Å². The van der Waals surface area contributed by atoms with Crippen molar-refractivity contribution >= 4 is 17.5 Å². The standard InChI is InChI=1S/C28H27N3O3/c1-4-20-9-5-8-12-24(20)30-26(32)18-31(3)28(33)23-11-7-6-10-22(23)27-29-17-25(34-27)21-15-13-19(2)14-16-21/h5-17H,4,18H2,1-3H3,(H,30,32). The van der Waals surface area contributed by atoms with Crippen LogP contribution in [0.4, 0.5) is 5.69 Å². The molecule has 6 heteroatoms. The molecule has 0 aliphatic heterocycles. The number of nitrogens with one attached hydrogen (secondary N) is 1. The van der Waals surface area contributed by atoms with Crippen molar-refractivity contribution in [3.05, 3.63) is 95.7 Å². The van der Waals surface area contributed by atoms with Gasteiger partial charge in [-0.15, -0.1) is 0 Å². The number of oxazole rings is 1. The summed E-state index contributed by atoms with van der Waals surface area (Å²) < 4.78 is 5.99. The second-order valence-electron chi connectivity index (χ2n) is 8.16. The van der Waals surface area contributed by atoms with Crippen molar-refractivity contribution in [3.8, 4) is 22.8 Å². The molecule has 0 aliphatic rings. The average molecular weight is 454 g/mol. The molecular weight excluding hydrogens is 426 g/mol. The Labute approximate surface area is 199 Å². The SMILES string of the molecule is CCc1ccccc1NC(=O)CN(C)C(=O)c1ccccc1-c1ncc(-c2ccc(C)cc2)o1. The summed E-state index contributed by atoms with van der Waals surface area (Å²) in [6.45, 7) is 3.98. The van der Waals surface area contributed by atoms with Gasteiger partial charge in [-0.05, 0) is 37.1 Å². The normalized spacial score (nSPS) is 10.7. The van der Waals surface area contributed by atoms with Gasteiger partial charge in [0, 0.05) is 23.9 Å². The van der Waals surface area contributed by atoms with Gasteiger partial charge in [0.15, 0.2) is 5.76 Å². The van der Waals surface area contributed by atoms with E-state index in [1.54, 1.807) is 31.4 Å². The molecule has 0 unspecified atom stereocenters. The molecule has 1 heterocycles. The Morgan fingerprint density at radius 3 is 2.44 bits per heavy atom. The van der Waals surface area contributed by atoms with Gasteiger partial charge in [0.05, 0.1) is 18.3 Å². The van der Waals surface area contributed by atoms with Crippen molar-refractivity contribution in [2.24, 2.45) is 0 Å². The van der Waals surface area contributed by atoms with Crippen LogP contribution >= 0.6 is 0 Å². The van der Waals surface area contributed by atoms with E-state index in [4.69, 9.17) is 4.42 Å². The lowest BCUT2D eigenvalue weighted by atomic mass is 10.1. The number of aryl methyl sites for hydroxylation is 2. The van der Waals surface area contributed by atoms with E-state index in [1.165, 1.54) is 4.90 Å². The maximum atomic E-state index is 13.2. The van der Waals surface area contributed by atoms with Gasteiger partial charge >= 0.3 is 0 Å². The summed E-state index contributed by atoms with van der Waals surface area (Å²) in [5.41, 5.74) is 4.88. The molecule has 34 heavy (non-hydrogen) atoms. The van der Waals surface area contributed by atoms with Crippen LogP contribution in [-0.4, -0.2) is 35.3 Å². The zero-order valence-electron chi connectivity index (χ0n) is 19.5. The Morgan fingerprint density at radius 1 is 0.971 bits per heavy atom. The summed E-state index contributed by atoms with van der Waals surface area (Å²) in [6.07, 6.45) is 2.46. The lowest BCUT2D eigenvalue weighted by Crippen LogP contribution is -2.35. The Kier molecular flexibility index (Phi) is 6.87. The van der Waals surface area contributed by atoms with Crippen molar-refractivity contribution in [1.29, 1.82) is 0 Å². The van der Waals surface area contributed by atoms with Gasteiger partial charge in [-0.3, -0.25) is 9.59 Å². The Balaban J connectivity index is 1.51. The third-order valence-corrected chi connectivity index (χ3v) is 5.63. The second kappa shape index (κ2) is 10.2. The van der Waals surface area contributed by atoms with Gasteiger partial charge in [0.2, 0.25) is 11.8 Å². The van der Waals surface area contributed by atoms with Crippen LogP contribution in [0, 0.1) is 6.92 Å². The monoisotopic (exact) mass is 453 g/mol. The number of carbonyl (C=O) groups is 2. The van der Waals surface area contributed by atoms with Crippen molar-refractivity contribution < 1.29 is 14.0 Å². The highest BCUT2D eigenvalue weighted by atomic mass is 16.4. The van der Waals surface area contributed by atoms with Crippen LogP contribution in [0.5, 0.6) is 0 Å². The van der Waals surface area contributed by atoms with E-state index in [9.17, 15) is 9.59 Å². The molecular formula is C28H27N3O3. The molecule has 172 valence electrons. The highest BCUT2D eigenvalue weighted by Gasteiger charge is 2.21. The van der Waals surface area contributed by atoms with Crippen molar-refractivity contribution in [2.45, 2.75) is 20.3 Å². The second-order valence-corrected chi connectivity index (χ2v) is 8.16. The molecule has 1 aromatic heterocycles. The van der Waals surface area contributed by atoms with Gasteiger partial charge in [-0.1, -0.05) is 67.1 Å². The van der Waals surface area contributed by atoms with Crippen LogP contribution in [0.3, 0.4) is 0 Å². The number of rotatable bonds is 7. The largest absolute Gasteiger partial charge is 0.436 e. The maximum absolute atomic E-state index is 13.2.